The van der Waals surface area contributed by atoms with Crippen LogP contribution in [0.1, 0.15) is 12.7 Å². The van der Waals surface area contributed by atoms with Crippen molar-refractivity contribution >= 4 is 15.9 Å². The Morgan fingerprint density at radius 1 is 1.73 bits per heavy atom. The molecule has 0 radical (unpaired) electrons. The average molecular weight is 231 g/mol. The van der Waals surface area contributed by atoms with Crippen LogP contribution in [0.3, 0.4) is 0 Å². The van der Waals surface area contributed by atoms with Crippen LogP contribution in [-0.4, -0.2) is 30.8 Å². The summed E-state index contributed by atoms with van der Waals surface area (Å²) in [6.45, 7) is 1.65. The van der Waals surface area contributed by atoms with E-state index >= 15 is 0 Å². The summed E-state index contributed by atoms with van der Waals surface area (Å²) in [5.74, 6) is 0.354. The highest BCUT2D eigenvalue weighted by atomic mass is 32.2. The van der Waals surface area contributed by atoms with Crippen LogP contribution in [0.15, 0.2) is 11.2 Å². The highest BCUT2D eigenvalue weighted by Gasteiger charge is 2.16. The van der Waals surface area contributed by atoms with E-state index in [4.69, 9.17) is 11.1 Å². The average Bonchev–Trinajstić information content (AvgIpc) is 2.63. The number of nitrogens with two attached hydrogens (primary N) is 1. The fourth-order valence-corrected chi connectivity index (χ4v) is 1.85. The fraction of sp³-hybridized carbons (Fsp3) is 0.429. The van der Waals surface area contributed by atoms with Crippen molar-refractivity contribution in [1.82, 2.24) is 14.7 Å². The van der Waals surface area contributed by atoms with Gasteiger partial charge in [0.05, 0.1) is 12.7 Å². The predicted molar refractivity (Wildman–Crippen MR) is 55.1 cm³/mol. The van der Waals surface area contributed by atoms with E-state index in [1.165, 1.54) is 6.20 Å². The van der Waals surface area contributed by atoms with E-state index in [-0.39, 0.29) is 17.4 Å². The summed E-state index contributed by atoms with van der Waals surface area (Å²) >= 11 is 0. The number of aromatic nitrogens is 2. The molecule has 1 heterocycles. The van der Waals surface area contributed by atoms with Crippen LogP contribution in [0, 0.1) is 5.41 Å². The Morgan fingerprint density at radius 3 is 2.87 bits per heavy atom. The van der Waals surface area contributed by atoms with Crippen molar-refractivity contribution in [3.05, 3.63) is 12.0 Å². The molecule has 0 saturated heterocycles. The molecule has 0 aliphatic heterocycles. The molecule has 0 saturated carbocycles. The van der Waals surface area contributed by atoms with Crippen LogP contribution in [0.2, 0.25) is 0 Å². The molecule has 0 fully saturated rings. The largest absolute Gasteiger partial charge is 0.387 e. The van der Waals surface area contributed by atoms with E-state index in [0.29, 0.717) is 12.2 Å². The second kappa shape index (κ2) is 4.41. The van der Waals surface area contributed by atoms with Crippen molar-refractivity contribution in [2.24, 2.45) is 5.73 Å². The molecule has 5 N–H and O–H groups in total. The minimum atomic E-state index is -3.63. The van der Waals surface area contributed by atoms with Gasteiger partial charge in [0.25, 0.3) is 10.0 Å². The Bertz CT molecular complexity index is 450. The highest BCUT2D eigenvalue weighted by molar-refractivity contribution is 7.89. The number of imidazole rings is 1. The summed E-state index contributed by atoms with van der Waals surface area (Å²) in [7, 11) is -3.63. The number of aryl methyl sites for hydroxylation is 1. The predicted octanol–water partition coefficient (Wildman–Crippen LogP) is -0.814. The SMILES string of the molecule is CCc1ncc(S(=O)(=O)NCC(=N)N)[nH]1. The second-order valence-corrected chi connectivity index (χ2v) is 4.63. The van der Waals surface area contributed by atoms with Gasteiger partial charge in [-0.2, -0.15) is 0 Å². The Balaban J connectivity index is 2.81. The zero-order valence-electron chi connectivity index (χ0n) is 8.24. The van der Waals surface area contributed by atoms with Crippen molar-refractivity contribution in [2.75, 3.05) is 6.54 Å². The first-order valence-corrected chi connectivity index (χ1v) is 5.80. The van der Waals surface area contributed by atoms with Crippen molar-refractivity contribution in [3.63, 3.8) is 0 Å². The number of aromatic amines is 1. The van der Waals surface area contributed by atoms with E-state index in [1.807, 2.05) is 6.92 Å². The molecule has 0 bridgehead atoms. The van der Waals surface area contributed by atoms with Crippen molar-refractivity contribution in [1.29, 1.82) is 5.41 Å². The third kappa shape index (κ3) is 3.03. The third-order valence-electron chi connectivity index (χ3n) is 1.68. The van der Waals surface area contributed by atoms with Gasteiger partial charge in [-0.3, -0.25) is 5.41 Å². The van der Waals surface area contributed by atoms with Crippen molar-refractivity contribution in [3.8, 4) is 0 Å². The minimum absolute atomic E-state index is 0.0133. The van der Waals surface area contributed by atoms with Gasteiger partial charge in [-0.1, -0.05) is 6.92 Å². The van der Waals surface area contributed by atoms with E-state index in [1.54, 1.807) is 0 Å². The van der Waals surface area contributed by atoms with Crippen LogP contribution in [-0.2, 0) is 16.4 Å². The van der Waals surface area contributed by atoms with E-state index in [2.05, 4.69) is 14.7 Å². The molecule has 0 aliphatic carbocycles. The number of H-pyrrole nitrogens is 1. The van der Waals surface area contributed by atoms with Crippen LogP contribution < -0.4 is 10.5 Å². The summed E-state index contributed by atoms with van der Waals surface area (Å²) in [5.41, 5.74) is 5.04. The molecule has 0 atom stereocenters. The quantitative estimate of drug-likeness (QED) is 0.390. The molecule has 0 aromatic carbocycles. The smallest absolute Gasteiger partial charge is 0.258 e. The van der Waals surface area contributed by atoms with E-state index < -0.39 is 10.0 Å². The molecule has 84 valence electrons. The first-order valence-electron chi connectivity index (χ1n) is 4.32. The zero-order valence-corrected chi connectivity index (χ0v) is 9.06. The normalized spacial score (nSPS) is 11.5. The molecular weight excluding hydrogens is 218 g/mol. The maximum Gasteiger partial charge on any atom is 0.258 e. The maximum atomic E-state index is 11.5. The molecule has 0 amide bonds. The fourth-order valence-electron chi connectivity index (χ4n) is 0.910. The van der Waals surface area contributed by atoms with Crippen LogP contribution in [0.25, 0.3) is 0 Å². The number of hydrogen-bond acceptors (Lipinski definition) is 4. The molecule has 1 rings (SSSR count). The summed E-state index contributed by atoms with van der Waals surface area (Å²) in [5, 5.41) is 6.89. The molecule has 0 unspecified atom stereocenters. The monoisotopic (exact) mass is 231 g/mol. The number of amidine groups is 1. The topological polar surface area (TPSA) is 125 Å². The third-order valence-corrected chi connectivity index (χ3v) is 2.99. The van der Waals surface area contributed by atoms with Gasteiger partial charge >= 0.3 is 0 Å². The van der Waals surface area contributed by atoms with Gasteiger partial charge < -0.3 is 10.7 Å². The molecule has 1 aromatic rings. The van der Waals surface area contributed by atoms with Gasteiger partial charge in [-0.15, -0.1) is 0 Å². The maximum absolute atomic E-state index is 11.5. The van der Waals surface area contributed by atoms with Crippen molar-refractivity contribution in [2.45, 2.75) is 18.4 Å². The number of sulfonamides is 1. The lowest BCUT2D eigenvalue weighted by molar-refractivity contribution is 0.582. The molecule has 7 nitrogen and oxygen atoms in total. The lowest BCUT2D eigenvalue weighted by atomic mass is 10.5. The Kier molecular flexibility index (Phi) is 3.43. The van der Waals surface area contributed by atoms with E-state index in [9.17, 15) is 8.42 Å². The molecule has 0 aliphatic rings. The Labute approximate surface area is 87.7 Å². The first-order chi connectivity index (χ1) is 6.95. The van der Waals surface area contributed by atoms with Gasteiger partial charge in [0.1, 0.15) is 11.7 Å². The van der Waals surface area contributed by atoms with Gasteiger partial charge in [0.15, 0.2) is 5.03 Å². The van der Waals surface area contributed by atoms with E-state index in [0.717, 1.165) is 0 Å². The summed E-state index contributed by atoms with van der Waals surface area (Å²) in [4.78, 5) is 6.52. The molecule has 1 aromatic heterocycles. The number of rotatable bonds is 5. The Hall–Kier alpha value is -1.41. The van der Waals surface area contributed by atoms with Gasteiger partial charge in [0.2, 0.25) is 0 Å². The first kappa shape index (κ1) is 11.7. The summed E-state index contributed by atoms with van der Waals surface area (Å²) in [6, 6.07) is 0. The summed E-state index contributed by atoms with van der Waals surface area (Å²) < 4.78 is 25.2. The number of nitrogens with one attached hydrogen (secondary N) is 3. The number of hydrogen-bond donors (Lipinski definition) is 4. The Morgan fingerprint density at radius 2 is 2.40 bits per heavy atom. The standard InChI is InChI=1S/C7H13N5O2S/c1-2-6-10-4-7(12-6)15(13,14)11-3-5(8)9/h4,11H,2-3H2,1H3,(H3,8,9)(H,10,12). The van der Waals surface area contributed by atoms with Gasteiger partial charge in [0, 0.05) is 6.42 Å². The van der Waals surface area contributed by atoms with Crippen LogP contribution in [0.5, 0.6) is 0 Å². The number of nitrogens with zero attached hydrogens (tertiary/aromatic N) is 1. The lowest BCUT2D eigenvalue weighted by Gasteiger charge is -2.02. The molecule has 15 heavy (non-hydrogen) atoms. The zero-order chi connectivity index (χ0) is 11.5. The molecular formula is C7H13N5O2S. The van der Waals surface area contributed by atoms with Crippen molar-refractivity contribution < 1.29 is 8.42 Å². The van der Waals surface area contributed by atoms with Crippen LogP contribution >= 0.6 is 0 Å². The minimum Gasteiger partial charge on any atom is -0.387 e. The molecule has 0 spiro atoms. The lowest BCUT2D eigenvalue weighted by Crippen LogP contribution is -2.33. The van der Waals surface area contributed by atoms with Gasteiger partial charge in [-0.25, -0.2) is 18.1 Å². The van der Waals surface area contributed by atoms with Crippen LogP contribution in [0.4, 0.5) is 0 Å². The molecule has 8 heteroatoms. The van der Waals surface area contributed by atoms with Gasteiger partial charge in [-0.05, 0) is 0 Å². The highest BCUT2D eigenvalue weighted by Crippen LogP contribution is 2.04. The summed E-state index contributed by atoms with van der Waals surface area (Å²) in [6.07, 6.45) is 1.86. The second-order valence-electron chi connectivity index (χ2n) is 2.90.